The molecule has 0 saturated carbocycles. The van der Waals surface area contributed by atoms with Crippen molar-refractivity contribution in [2.45, 2.75) is 13.3 Å². The van der Waals surface area contributed by atoms with Gasteiger partial charge in [-0.3, -0.25) is 0 Å². The predicted octanol–water partition coefficient (Wildman–Crippen LogP) is 2.89. The zero-order valence-electron chi connectivity index (χ0n) is 11.9. The van der Waals surface area contributed by atoms with Gasteiger partial charge in [0.25, 0.3) is 5.89 Å². The second-order valence-corrected chi connectivity index (χ2v) is 4.70. The molecule has 0 aliphatic carbocycles. The Balaban J connectivity index is 1.81. The van der Waals surface area contributed by atoms with Gasteiger partial charge in [0.15, 0.2) is 5.82 Å². The Morgan fingerprint density at radius 1 is 1.10 bits per heavy atom. The highest BCUT2D eigenvalue weighted by molar-refractivity contribution is 5.63. The fourth-order valence-corrected chi connectivity index (χ4v) is 1.89. The summed E-state index contributed by atoms with van der Waals surface area (Å²) in [5, 5.41) is 7.91. The van der Waals surface area contributed by atoms with Gasteiger partial charge in [-0.05, 0) is 6.92 Å². The molecule has 0 aliphatic rings. The molecule has 108 valence electrons. The van der Waals surface area contributed by atoms with Gasteiger partial charge in [0.05, 0.1) is 6.61 Å². The highest BCUT2D eigenvalue weighted by atomic mass is 16.5. The molecule has 6 nitrogen and oxygen atoms in total. The third-order valence-electron chi connectivity index (χ3n) is 3.07. The van der Waals surface area contributed by atoms with Gasteiger partial charge < -0.3 is 13.8 Å². The van der Waals surface area contributed by atoms with E-state index in [-0.39, 0.29) is 0 Å². The molecule has 0 spiro atoms. The highest BCUT2D eigenvalue weighted by Gasteiger charge is 2.15. The van der Waals surface area contributed by atoms with Crippen molar-refractivity contribution in [2.24, 2.45) is 0 Å². The Labute approximate surface area is 121 Å². The number of methoxy groups -OCH3 is 1. The van der Waals surface area contributed by atoms with Crippen LogP contribution in [-0.4, -0.2) is 29.0 Å². The molecule has 0 amide bonds. The van der Waals surface area contributed by atoms with E-state index >= 15 is 0 Å². The van der Waals surface area contributed by atoms with Gasteiger partial charge in [0.2, 0.25) is 5.76 Å². The number of benzene rings is 1. The van der Waals surface area contributed by atoms with Crippen molar-refractivity contribution in [3.05, 3.63) is 41.7 Å². The van der Waals surface area contributed by atoms with E-state index in [2.05, 4.69) is 15.3 Å². The zero-order valence-corrected chi connectivity index (χ0v) is 11.9. The van der Waals surface area contributed by atoms with Gasteiger partial charge in [-0.25, -0.2) is 0 Å². The van der Waals surface area contributed by atoms with Crippen LogP contribution in [0, 0.1) is 6.92 Å². The maximum absolute atomic E-state index is 5.28. The summed E-state index contributed by atoms with van der Waals surface area (Å²) in [4.78, 5) is 4.25. The minimum absolute atomic E-state index is 0.326. The normalized spacial score (nSPS) is 11.0. The minimum Gasteiger partial charge on any atom is -0.384 e. The van der Waals surface area contributed by atoms with Crippen LogP contribution in [-0.2, 0) is 11.2 Å². The Bertz CT molecular complexity index is 716. The maximum Gasteiger partial charge on any atom is 0.296 e. The molecule has 0 N–H and O–H groups in total. The molecule has 0 unspecified atom stereocenters. The average molecular weight is 285 g/mol. The van der Waals surface area contributed by atoms with Gasteiger partial charge in [-0.15, -0.1) is 0 Å². The molecule has 0 saturated heterocycles. The fraction of sp³-hybridized carbons (Fsp3) is 0.267. The van der Waals surface area contributed by atoms with Crippen LogP contribution in [0.2, 0.25) is 0 Å². The van der Waals surface area contributed by atoms with Crippen LogP contribution < -0.4 is 0 Å². The van der Waals surface area contributed by atoms with Crippen LogP contribution >= 0.6 is 0 Å². The van der Waals surface area contributed by atoms with Gasteiger partial charge in [-0.2, -0.15) is 4.98 Å². The van der Waals surface area contributed by atoms with Crippen molar-refractivity contribution in [3.8, 4) is 22.9 Å². The van der Waals surface area contributed by atoms with Gasteiger partial charge in [0, 0.05) is 25.2 Å². The number of rotatable bonds is 5. The van der Waals surface area contributed by atoms with E-state index in [1.54, 1.807) is 13.2 Å². The van der Waals surface area contributed by atoms with Crippen LogP contribution in [0.15, 0.2) is 39.4 Å². The molecule has 3 aromatic rings. The number of nitrogens with zero attached hydrogens (tertiary/aromatic N) is 3. The van der Waals surface area contributed by atoms with Gasteiger partial charge in [-0.1, -0.05) is 40.1 Å². The molecule has 0 atom stereocenters. The van der Waals surface area contributed by atoms with E-state index in [0.29, 0.717) is 30.5 Å². The molecule has 6 heteroatoms. The summed E-state index contributed by atoms with van der Waals surface area (Å²) in [5.74, 6) is 1.37. The number of hydrogen-bond acceptors (Lipinski definition) is 6. The molecular formula is C15H15N3O3. The van der Waals surface area contributed by atoms with Crippen molar-refractivity contribution in [1.29, 1.82) is 0 Å². The summed E-state index contributed by atoms with van der Waals surface area (Å²) < 4.78 is 15.4. The molecular weight excluding hydrogens is 270 g/mol. The summed E-state index contributed by atoms with van der Waals surface area (Å²) >= 11 is 0. The first-order valence-corrected chi connectivity index (χ1v) is 6.62. The van der Waals surface area contributed by atoms with E-state index in [1.165, 1.54) is 5.56 Å². The largest absolute Gasteiger partial charge is 0.384 e. The molecule has 2 aromatic heterocycles. The fourth-order valence-electron chi connectivity index (χ4n) is 1.89. The van der Waals surface area contributed by atoms with Crippen LogP contribution in [0.5, 0.6) is 0 Å². The Kier molecular flexibility index (Phi) is 3.79. The summed E-state index contributed by atoms with van der Waals surface area (Å²) in [5.41, 5.74) is 2.92. The molecule has 2 heterocycles. The summed E-state index contributed by atoms with van der Waals surface area (Å²) in [7, 11) is 1.63. The molecule has 0 fully saturated rings. The van der Waals surface area contributed by atoms with Gasteiger partial charge >= 0.3 is 0 Å². The Hall–Kier alpha value is -2.47. The van der Waals surface area contributed by atoms with Crippen LogP contribution in [0.3, 0.4) is 0 Å². The predicted molar refractivity (Wildman–Crippen MR) is 75.5 cm³/mol. The smallest absolute Gasteiger partial charge is 0.296 e. The Morgan fingerprint density at radius 2 is 1.90 bits per heavy atom. The van der Waals surface area contributed by atoms with Crippen LogP contribution in [0.4, 0.5) is 0 Å². The number of aryl methyl sites for hydroxylation is 1. The zero-order chi connectivity index (χ0) is 14.7. The summed E-state index contributed by atoms with van der Waals surface area (Å²) in [6.45, 7) is 2.59. The van der Waals surface area contributed by atoms with Crippen molar-refractivity contribution < 1.29 is 13.8 Å². The molecule has 1 aromatic carbocycles. The number of hydrogen-bond donors (Lipinski definition) is 0. The lowest BCUT2D eigenvalue weighted by Crippen LogP contribution is -1.95. The van der Waals surface area contributed by atoms with Gasteiger partial charge in [0.1, 0.15) is 5.69 Å². The quantitative estimate of drug-likeness (QED) is 0.717. The first-order chi connectivity index (χ1) is 10.3. The van der Waals surface area contributed by atoms with E-state index in [4.69, 9.17) is 13.8 Å². The van der Waals surface area contributed by atoms with Crippen molar-refractivity contribution >= 4 is 0 Å². The standard InChI is InChI=1S/C15H15N3O3/c1-10-3-5-11(6-4-10)12-9-13(20-17-12)15-16-14(18-21-15)7-8-19-2/h3-6,9H,7-8H2,1-2H3. The number of ether oxygens (including phenoxy) is 1. The van der Waals surface area contributed by atoms with Crippen molar-refractivity contribution in [3.63, 3.8) is 0 Å². The van der Waals surface area contributed by atoms with Crippen LogP contribution in [0.1, 0.15) is 11.4 Å². The van der Waals surface area contributed by atoms with Crippen LogP contribution in [0.25, 0.3) is 22.9 Å². The van der Waals surface area contributed by atoms with E-state index < -0.39 is 0 Å². The molecule has 0 aliphatic heterocycles. The topological polar surface area (TPSA) is 74.2 Å². The lowest BCUT2D eigenvalue weighted by molar-refractivity contribution is 0.199. The first-order valence-electron chi connectivity index (χ1n) is 6.62. The maximum atomic E-state index is 5.28. The third kappa shape index (κ3) is 3.00. The highest BCUT2D eigenvalue weighted by Crippen LogP contribution is 2.25. The molecule has 0 radical (unpaired) electrons. The number of aromatic nitrogens is 3. The van der Waals surface area contributed by atoms with Crippen molar-refractivity contribution in [2.75, 3.05) is 13.7 Å². The molecule has 21 heavy (non-hydrogen) atoms. The molecule has 3 rings (SSSR count). The summed E-state index contributed by atoms with van der Waals surface area (Å²) in [6.07, 6.45) is 0.596. The molecule has 0 bridgehead atoms. The lowest BCUT2D eigenvalue weighted by Gasteiger charge is -1.95. The third-order valence-corrected chi connectivity index (χ3v) is 3.07. The van der Waals surface area contributed by atoms with E-state index in [9.17, 15) is 0 Å². The van der Waals surface area contributed by atoms with E-state index in [1.807, 2.05) is 31.2 Å². The summed E-state index contributed by atoms with van der Waals surface area (Å²) in [6, 6.07) is 9.83. The lowest BCUT2D eigenvalue weighted by atomic mass is 10.1. The first kappa shape index (κ1) is 13.5. The monoisotopic (exact) mass is 285 g/mol. The second kappa shape index (κ2) is 5.88. The SMILES string of the molecule is COCCc1noc(-c2cc(-c3ccc(C)cc3)no2)n1. The average Bonchev–Trinajstić information content (AvgIpc) is 3.15. The second-order valence-electron chi connectivity index (χ2n) is 4.70. The van der Waals surface area contributed by atoms with E-state index in [0.717, 1.165) is 11.3 Å². The Morgan fingerprint density at radius 3 is 2.67 bits per heavy atom. The van der Waals surface area contributed by atoms with Crippen molar-refractivity contribution in [1.82, 2.24) is 15.3 Å². The minimum atomic E-state index is 0.326.